The number of nitrogens with zero attached hydrogens (tertiary/aromatic N) is 4. The van der Waals surface area contributed by atoms with Crippen molar-refractivity contribution in [3.05, 3.63) is 5.69 Å². The summed E-state index contributed by atoms with van der Waals surface area (Å²) in [5.41, 5.74) is 9.03. The fourth-order valence-electron chi connectivity index (χ4n) is 2.45. The molecule has 0 aromatic carbocycles. The second-order valence-corrected chi connectivity index (χ2v) is 4.84. The van der Waals surface area contributed by atoms with E-state index in [4.69, 9.17) is 5.73 Å². The zero-order valence-electron chi connectivity index (χ0n) is 11.8. The fourth-order valence-corrected chi connectivity index (χ4v) is 2.45. The fraction of sp³-hybridized carbons (Fsp3) is 0.692. The molecule has 2 N–H and O–H groups in total. The first-order chi connectivity index (χ1) is 8.62. The molecule has 0 saturated carbocycles. The topological polar surface area (TPSA) is 61.7 Å². The Morgan fingerprint density at radius 1 is 1.22 bits per heavy atom. The molecule has 0 atom stereocenters. The number of aryl methyl sites for hydroxylation is 2. The van der Waals surface area contributed by atoms with Crippen molar-refractivity contribution in [1.82, 2.24) is 19.3 Å². The minimum atomic E-state index is 0.611. The maximum absolute atomic E-state index is 6.06. The van der Waals surface area contributed by atoms with Crippen molar-refractivity contribution >= 4 is 17.1 Å². The summed E-state index contributed by atoms with van der Waals surface area (Å²) in [7, 11) is 0. The highest BCUT2D eigenvalue weighted by atomic mass is 15.4. The molecule has 0 aliphatic carbocycles. The summed E-state index contributed by atoms with van der Waals surface area (Å²) < 4.78 is 4.12. The summed E-state index contributed by atoms with van der Waals surface area (Å²) in [6.07, 6.45) is 2.32. The highest BCUT2D eigenvalue weighted by Gasteiger charge is 2.18. The van der Waals surface area contributed by atoms with E-state index < -0.39 is 0 Å². The molecule has 2 aromatic heterocycles. The Kier molecular flexibility index (Phi) is 3.59. The predicted octanol–water partition coefficient (Wildman–Crippen LogP) is 2.58. The molecule has 0 amide bonds. The van der Waals surface area contributed by atoms with Gasteiger partial charge in [-0.15, -0.1) is 0 Å². The summed E-state index contributed by atoms with van der Waals surface area (Å²) in [5.74, 6) is 1.25. The van der Waals surface area contributed by atoms with E-state index in [0.29, 0.717) is 11.9 Å². The third-order valence-corrected chi connectivity index (χ3v) is 3.72. The number of imidazole rings is 1. The minimum Gasteiger partial charge on any atom is -0.369 e. The molecular formula is C13H23N5. The molecule has 0 saturated heterocycles. The average Bonchev–Trinajstić information content (AvgIpc) is 2.85. The molecule has 2 heterocycles. The van der Waals surface area contributed by atoms with Crippen molar-refractivity contribution < 1.29 is 0 Å². The maximum Gasteiger partial charge on any atom is 0.202 e. The summed E-state index contributed by atoms with van der Waals surface area (Å²) in [4.78, 5) is 4.46. The van der Waals surface area contributed by atoms with E-state index in [1.165, 1.54) is 0 Å². The molecule has 0 bridgehead atoms. The van der Waals surface area contributed by atoms with Crippen LogP contribution in [0.25, 0.3) is 11.2 Å². The van der Waals surface area contributed by atoms with E-state index in [1.54, 1.807) is 0 Å². The van der Waals surface area contributed by atoms with Gasteiger partial charge < -0.3 is 5.73 Å². The van der Waals surface area contributed by atoms with Gasteiger partial charge >= 0.3 is 0 Å². The smallest absolute Gasteiger partial charge is 0.202 e. The van der Waals surface area contributed by atoms with Crippen LogP contribution in [0.5, 0.6) is 0 Å². The molecule has 0 aliphatic rings. The Hall–Kier alpha value is -1.52. The summed E-state index contributed by atoms with van der Waals surface area (Å²) >= 11 is 0. The number of fused-ring (bicyclic) bond motifs is 1. The lowest BCUT2D eigenvalue weighted by Crippen LogP contribution is -2.14. The van der Waals surface area contributed by atoms with Crippen LogP contribution in [0.4, 0.5) is 5.95 Å². The summed E-state index contributed by atoms with van der Waals surface area (Å²) in [6.45, 7) is 10.3. The molecule has 0 fully saturated rings. The van der Waals surface area contributed by atoms with E-state index in [0.717, 1.165) is 42.8 Å². The van der Waals surface area contributed by atoms with Gasteiger partial charge in [0.05, 0.1) is 5.69 Å². The van der Waals surface area contributed by atoms with E-state index >= 15 is 0 Å². The number of rotatable bonds is 5. The van der Waals surface area contributed by atoms with E-state index in [-0.39, 0.29) is 0 Å². The Labute approximate surface area is 108 Å². The van der Waals surface area contributed by atoms with Gasteiger partial charge in [0.2, 0.25) is 5.95 Å². The largest absolute Gasteiger partial charge is 0.369 e. The average molecular weight is 249 g/mol. The van der Waals surface area contributed by atoms with E-state index in [9.17, 15) is 0 Å². The Bertz CT molecular complexity index is 533. The molecule has 2 aromatic rings. The van der Waals surface area contributed by atoms with E-state index in [1.807, 2.05) is 11.6 Å². The monoisotopic (exact) mass is 249 g/mol. The van der Waals surface area contributed by atoms with Crippen LogP contribution in [0.3, 0.4) is 0 Å². The third-order valence-electron chi connectivity index (χ3n) is 3.72. The minimum absolute atomic E-state index is 0.611. The number of nitrogen functional groups attached to an aromatic ring is 1. The van der Waals surface area contributed by atoms with Crippen LogP contribution in [0, 0.1) is 12.8 Å². The molecule has 18 heavy (non-hydrogen) atoms. The van der Waals surface area contributed by atoms with Crippen LogP contribution in [-0.4, -0.2) is 19.3 Å². The van der Waals surface area contributed by atoms with Crippen LogP contribution in [-0.2, 0) is 13.1 Å². The number of hydrogen-bond acceptors (Lipinski definition) is 3. The quantitative estimate of drug-likeness (QED) is 0.886. The zero-order chi connectivity index (χ0) is 13.3. The summed E-state index contributed by atoms with van der Waals surface area (Å²) in [6, 6.07) is 0. The highest BCUT2D eigenvalue weighted by molar-refractivity contribution is 5.77. The molecule has 0 unspecified atom stereocenters. The van der Waals surface area contributed by atoms with Crippen molar-refractivity contribution in [2.24, 2.45) is 5.92 Å². The summed E-state index contributed by atoms with van der Waals surface area (Å²) in [5, 5.41) is 4.51. The standard InChI is InChI=1S/C13H23N5/c1-5-10(6-2)8-17-12-11(15-13(17)14)9(4)16-18(12)7-3/h10H,5-8H2,1-4H3,(H2,14,15). The van der Waals surface area contributed by atoms with Crippen molar-refractivity contribution in [2.45, 2.75) is 53.6 Å². The van der Waals surface area contributed by atoms with Gasteiger partial charge in [0.25, 0.3) is 0 Å². The molecule has 0 radical (unpaired) electrons. The lowest BCUT2D eigenvalue weighted by molar-refractivity contribution is 0.422. The van der Waals surface area contributed by atoms with Crippen LogP contribution >= 0.6 is 0 Å². The number of nitrogens with two attached hydrogens (primary N) is 1. The lowest BCUT2D eigenvalue weighted by atomic mass is 10.0. The van der Waals surface area contributed by atoms with Gasteiger partial charge in [-0.1, -0.05) is 26.7 Å². The van der Waals surface area contributed by atoms with Crippen molar-refractivity contribution in [3.63, 3.8) is 0 Å². The normalized spacial score (nSPS) is 11.8. The predicted molar refractivity (Wildman–Crippen MR) is 74.4 cm³/mol. The van der Waals surface area contributed by atoms with Gasteiger partial charge in [-0.05, 0) is 19.8 Å². The first-order valence-electron chi connectivity index (χ1n) is 6.81. The number of aromatic nitrogens is 4. The molecular weight excluding hydrogens is 226 g/mol. The van der Waals surface area contributed by atoms with Gasteiger partial charge in [0, 0.05) is 13.1 Å². The Morgan fingerprint density at radius 3 is 2.44 bits per heavy atom. The first kappa shape index (κ1) is 12.9. The van der Waals surface area contributed by atoms with Gasteiger partial charge in [-0.2, -0.15) is 5.10 Å². The van der Waals surface area contributed by atoms with Crippen molar-refractivity contribution in [1.29, 1.82) is 0 Å². The molecule has 0 aliphatic heterocycles. The van der Waals surface area contributed by atoms with Crippen LogP contribution in [0.15, 0.2) is 0 Å². The number of hydrogen-bond donors (Lipinski definition) is 1. The lowest BCUT2D eigenvalue weighted by Gasteiger charge is -2.15. The molecule has 100 valence electrons. The first-order valence-corrected chi connectivity index (χ1v) is 6.81. The van der Waals surface area contributed by atoms with Crippen LogP contribution in [0.2, 0.25) is 0 Å². The molecule has 2 rings (SSSR count). The Morgan fingerprint density at radius 2 is 1.89 bits per heavy atom. The van der Waals surface area contributed by atoms with Crippen LogP contribution in [0.1, 0.15) is 39.3 Å². The maximum atomic E-state index is 6.06. The van der Waals surface area contributed by atoms with Gasteiger partial charge in [0.15, 0.2) is 5.65 Å². The third kappa shape index (κ3) is 1.98. The van der Waals surface area contributed by atoms with Crippen LogP contribution < -0.4 is 5.73 Å². The van der Waals surface area contributed by atoms with Gasteiger partial charge in [-0.25, -0.2) is 9.67 Å². The highest BCUT2D eigenvalue weighted by Crippen LogP contribution is 2.23. The van der Waals surface area contributed by atoms with Crippen molar-refractivity contribution in [2.75, 3.05) is 5.73 Å². The van der Waals surface area contributed by atoms with Crippen molar-refractivity contribution in [3.8, 4) is 0 Å². The number of anilines is 1. The van der Waals surface area contributed by atoms with Gasteiger partial charge in [0.1, 0.15) is 5.52 Å². The Balaban J connectivity index is 2.51. The molecule has 0 spiro atoms. The van der Waals surface area contributed by atoms with E-state index in [2.05, 4.69) is 35.4 Å². The molecule has 5 nitrogen and oxygen atoms in total. The van der Waals surface area contributed by atoms with Gasteiger partial charge in [-0.3, -0.25) is 4.57 Å². The SMILES string of the molecule is CCC(CC)Cn1c(N)nc2c(C)nn(CC)c21. The second kappa shape index (κ2) is 5.00. The zero-order valence-corrected chi connectivity index (χ0v) is 11.8. The molecule has 5 heteroatoms. The second-order valence-electron chi connectivity index (χ2n) is 4.84.